The van der Waals surface area contributed by atoms with Gasteiger partial charge in [0.05, 0.1) is 7.85 Å². The summed E-state index contributed by atoms with van der Waals surface area (Å²) in [5.74, 6) is -0.609. The molecule has 4 heteroatoms. The van der Waals surface area contributed by atoms with Crippen molar-refractivity contribution in [3.63, 3.8) is 0 Å². The molecule has 2 nitrogen and oxygen atoms in total. The van der Waals surface area contributed by atoms with Crippen LogP contribution in [0.15, 0.2) is 48.5 Å². The maximum absolute atomic E-state index is 12.1. The normalized spacial score (nSPS) is 11.1. The first-order valence-electron chi connectivity index (χ1n) is 7.18. The fourth-order valence-corrected chi connectivity index (χ4v) is 1.92. The zero-order valence-corrected chi connectivity index (χ0v) is 14.6. The molecule has 0 saturated carbocycles. The lowest BCUT2D eigenvalue weighted by molar-refractivity contribution is -0.134. The van der Waals surface area contributed by atoms with Crippen molar-refractivity contribution in [2.45, 2.75) is 19.7 Å². The maximum atomic E-state index is 12.1. The number of rotatable bonds is 3. The van der Waals surface area contributed by atoms with E-state index in [0.29, 0.717) is 5.75 Å². The van der Waals surface area contributed by atoms with E-state index in [1.165, 1.54) is 0 Å². The van der Waals surface area contributed by atoms with Gasteiger partial charge < -0.3 is 4.74 Å². The van der Waals surface area contributed by atoms with Gasteiger partial charge in [-0.15, -0.1) is 8.58 Å². The number of ether oxygens (including phenoxy) is 1. The van der Waals surface area contributed by atoms with Crippen LogP contribution in [0.3, 0.4) is 0 Å². The third-order valence-corrected chi connectivity index (χ3v) is 3.02. The molecule has 0 aliphatic carbocycles. The highest BCUT2D eigenvalue weighted by Crippen LogP contribution is 2.24. The van der Waals surface area contributed by atoms with E-state index in [2.05, 4.69) is 13.3 Å². The number of hydrogen-bond donors (Lipinski definition) is 0. The summed E-state index contributed by atoms with van der Waals surface area (Å²) in [6.45, 7) is 8.12. The molecule has 2 radical (unpaired) electrons. The first-order valence-corrected chi connectivity index (χ1v) is 9.18. The highest BCUT2D eigenvalue weighted by atomic mass is 31.1. The van der Waals surface area contributed by atoms with Gasteiger partial charge in [-0.05, 0) is 43.9 Å². The molecule has 0 spiro atoms. The molecule has 0 aliphatic rings. The fraction of sp³-hybridized carbons (Fsp3) is 0.278. The van der Waals surface area contributed by atoms with E-state index in [0.717, 1.165) is 25.3 Å². The van der Waals surface area contributed by atoms with Gasteiger partial charge >= 0.3 is 5.97 Å². The van der Waals surface area contributed by atoms with Gasteiger partial charge in [-0.2, -0.15) is 0 Å². The Bertz CT molecular complexity index is 579. The van der Waals surface area contributed by atoms with Crippen LogP contribution in [0.2, 0.25) is 0 Å². The Morgan fingerprint density at radius 1 is 1.00 bits per heavy atom. The average molecular weight is 312 g/mol. The fourth-order valence-electron chi connectivity index (χ4n) is 1.92. The number of aryl methyl sites for hydroxylation is 2. The Kier molecular flexibility index (Phi) is 7.91. The predicted octanol–water partition coefficient (Wildman–Crippen LogP) is 4.04. The molecule has 0 heterocycles. The van der Waals surface area contributed by atoms with Gasteiger partial charge in [0.25, 0.3) is 0 Å². The molecule has 0 aliphatic heterocycles. The summed E-state index contributed by atoms with van der Waals surface area (Å²) in [5.41, 5.74) is 2.60. The van der Waals surface area contributed by atoms with Crippen LogP contribution in [-0.4, -0.2) is 27.1 Å². The lowest BCUT2D eigenvalue weighted by Gasteiger charge is -2.14. The molecule has 0 aromatic heterocycles. The van der Waals surface area contributed by atoms with E-state index in [4.69, 9.17) is 12.6 Å². The topological polar surface area (TPSA) is 26.3 Å². The third kappa shape index (κ3) is 5.31. The van der Waals surface area contributed by atoms with Gasteiger partial charge in [0, 0.05) is 5.82 Å². The second kappa shape index (κ2) is 9.43. The SMILES string of the molecule is CPC.[B]C(C(=O)Oc1c(C)cccc1C)c1ccccc1. The number of para-hydroxylation sites is 1. The zero-order valence-electron chi connectivity index (χ0n) is 13.6. The molecule has 0 bridgehead atoms. The van der Waals surface area contributed by atoms with Crippen LogP contribution in [0, 0.1) is 13.8 Å². The molecule has 2 aromatic carbocycles. The highest BCUT2D eigenvalue weighted by molar-refractivity contribution is 7.35. The summed E-state index contributed by atoms with van der Waals surface area (Å²) in [6, 6.07) is 15.0. The van der Waals surface area contributed by atoms with Crippen LogP contribution < -0.4 is 4.74 Å². The summed E-state index contributed by atoms with van der Waals surface area (Å²) in [6.07, 6.45) is 0. The molecular weight excluding hydrogens is 290 g/mol. The molecule has 0 saturated heterocycles. The van der Waals surface area contributed by atoms with E-state index in [1.54, 1.807) is 0 Å². The molecule has 0 amide bonds. The van der Waals surface area contributed by atoms with E-state index >= 15 is 0 Å². The second-order valence-corrected chi connectivity index (χ2v) is 6.03. The van der Waals surface area contributed by atoms with Crippen molar-refractivity contribution in [3.8, 4) is 5.75 Å². The minimum atomic E-state index is -0.764. The van der Waals surface area contributed by atoms with Gasteiger partial charge in [0.1, 0.15) is 5.75 Å². The van der Waals surface area contributed by atoms with Crippen molar-refractivity contribution >= 4 is 22.4 Å². The Balaban J connectivity index is 0.000000745. The van der Waals surface area contributed by atoms with E-state index in [1.807, 2.05) is 62.4 Å². The molecule has 22 heavy (non-hydrogen) atoms. The lowest BCUT2D eigenvalue weighted by Crippen LogP contribution is -2.19. The number of benzene rings is 2. The van der Waals surface area contributed by atoms with Crippen LogP contribution in [0.5, 0.6) is 5.75 Å². The van der Waals surface area contributed by atoms with Gasteiger partial charge in [-0.3, -0.25) is 4.79 Å². The van der Waals surface area contributed by atoms with Crippen LogP contribution >= 0.6 is 8.58 Å². The number of carbonyl (C=O) groups excluding carboxylic acids is 1. The summed E-state index contributed by atoms with van der Waals surface area (Å²) < 4.78 is 5.43. The minimum absolute atomic E-state index is 0.441. The van der Waals surface area contributed by atoms with Crippen molar-refractivity contribution in [1.82, 2.24) is 0 Å². The van der Waals surface area contributed by atoms with Crippen LogP contribution in [0.4, 0.5) is 0 Å². The molecule has 0 N–H and O–H groups in total. The molecule has 0 fully saturated rings. The Labute approximate surface area is 136 Å². The monoisotopic (exact) mass is 312 g/mol. The quantitative estimate of drug-likeness (QED) is 0.370. The van der Waals surface area contributed by atoms with Crippen molar-refractivity contribution in [1.29, 1.82) is 0 Å². The smallest absolute Gasteiger partial charge is 0.309 e. The predicted molar refractivity (Wildman–Crippen MR) is 96.7 cm³/mol. The summed E-state index contributed by atoms with van der Waals surface area (Å²) in [4.78, 5) is 12.1. The van der Waals surface area contributed by atoms with Crippen molar-refractivity contribution in [3.05, 3.63) is 65.2 Å². The zero-order chi connectivity index (χ0) is 16.5. The minimum Gasteiger partial charge on any atom is -0.426 e. The van der Waals surface area contributed by atoms with Gasteiger partial charge in [0.15, 0.2) is 0 Å². The van der Waals surface area contributed by atoms with Gasteiger partial charge in [-0.25, -0.2) is 0 Å². The molecular formula is C18H22BO2P. The summed E-state index contributed by atoms with van der Waals surface area (Å²) >= 11 is 0. The average Bonchev–Trinajstić information content (AvgIpc) is 2.52. The van der Waals surface area contributed by atoms with Crippen LogP contribution in [-0.2, 0) is 4.79 Å². The lowest BCUT2D eigenvalue weighted by atomic mass is 9.81. The highest BCUT2D eigenvalue weighted by Gasteiger charge is 2.18. The van der Waals surface area contributed by atoms with E-state index in [9.17, 15) is 4.79 Å². The van der Waals surface area contributed by atoms with Crippen molar-refractivity contribution in [2.24, 2.45) is 0 Å². The summed E-state index contributed by atoms with van der Waals surface area (Å²) in [5, 5.41) is 0. The van der Waals surface area contributed by atoms with Crippen LogP contribution in [0.1, 0.15) is 22.5 Å². The largest absolute Gasteiger partial charge is 0.426 e. The Hall–Kier alpha value is -1.60. The number of esters is 1. The maximum Gasteiger partial charge on any atom is 0.309 e. The first-order chi connectivity index (χ1) is 10.5. The van der Waals surface area contributed by atoms with E-state index < -0.39 is 11.8 Å². The second-order valence-electron chi connectivity index (χ2n) is 5.03. The van der Waals surface area contributed by atoms with Crippen LogP contribution in [0.25, 0.3) is 0 Å². The van der Waals surface area contributed by atoms with Crippen molar-refractivity contribution in [2.75, 3.05) is 13.3 Å². The van der Waals surface area contributed by atoms with Crippen molar-refractivity contribution < 1.29 is 9.53 Å². The molecule has 1 atom stereocenters. The van der Waals surface area contributed by atoms with E-state index in [-0.39, 0.29) is 0 Å². The van der Waals surface area contributed by atoms with Gasteiger partial charge in [0.2, 0.25) is 0 Å². The molecule has 2 rings (SSSR count). The molecule has 2 aromatic rings. The Morgan fingerprint density at radius 3 is 2.00 bits per heavy atom. The standard InChI is InChI=1S/C16H15BO2.C2H7P/c1-11-7-6-8-12(2)15(11)19-16(18)14(17)13-9-4-3-5-10-13;1-3-2/h3-10,14H,1-2H3;3H,1-2H3. The molecule has 114 valence electrons. The number of hydrogen-bond acceptors (Lipinski definition) is 2. The summed E-state index contributed by atoms with van der Waals surface area (Å²) in [7, 11) is 7.00. The molecule has 1 unspecified atom stereocenters. The third-order valence-electron chi connectivity index (χ3n) is 3.02. The number of carbonyl (C=O) groups is 1. The first kappa shape index (κ1) is 18.5. The Morgan fingerprint density at radius 2 is 1.50 bits per heavy atom. The van der Waals surface area contributed by atoms with Gasteiger partial charge in [-0.1, -0.05) is 48.5 Å².